The van der Waals surface area contributed by atoms with Crippen LogP contribution in [0.15, 0.2) is 67.0 Å². The van der Waals surface area contributed by atoms with Gasteiger partial charge in [0.25, 0.3) is 0 Å². The van der Waals surface area contributed by atoms with Crippen LogP contribution in [0.2, 0.25) is 0 Å². The molecule has 1 aliphatic heterocycles. The van der Waals surface area contributed by atoms with Gasteiger partial charge < -0.3 is 9.64 Å². The lowest BCUT2D eigenvalue weighted by Gasteiger charge is -2.19. The molecule has 5 heteroatoms. The van der Waals surface area contributed by atoms with Gasteiger partial charge in [0, 0.05) is 36.9 Å². The third-order valence-electron chi connectivity index (χ3n) is 5.17. The van der Waals surface area contributed by atoms with Gasteiger partial charge in [0.05, 0.1) is 0 Å². The van der Waals surface area contributed by atoms with Crippen molar-refractivity contribution in [2.45, 2.75) is 32.7 Å². The number of carbonyl (C=O) groups is 1. The van der Waals surface area contributed by atoms with E-state index in [1.54, 1.807) is 6.20 Å². The van der Waals surface area contributed by atoms with Crippen molar-refractivity contribution in [3.8, 4) is 5.75 Å². The number of nitrogens with one attached hydrogen (secondary N) is 1. The Morgan fingerprint density at radius 3 is 2.72 bits per heavy atom. The van der Waals surface area contributed by atoms with Crippen LogP contribution in [0, 0.1) is 0 Å². The normalized spacial score (nSPS) is 12.7. The van der Waals surface area contributed by atoms with Crippen molar-refractivity contribution < 1.29 is 9.53 Å². The fraction of sp³-hybridized carbons (Fsp3) is 0.250. The molecule has 1 amide bonds. The van der Waals surface area contributed by atoms with Gasteiger partial charge >= 0.3 is 6.09 Å². The zero-order valence-electron chi connectivity index (χ0n) is 16.8. The van der Waals surface area contributed by atoms with Crippen molar-refractivity contribution in [2.75, 3.05) is 16.8 Å². The van der Waals surface area contributed by atoms with Crippen molar-refractivity contribution in [1.29, 1.82) is 0 Å². The molecule has 0 fully saturated rings. The largest absolute Gasteiger partial charge is 0.417 e. The number of hydrogen-bond donors (Lipinski definition) is 1. The molecule has 0 saturated carbocycles. The second-order valence-electron chi connectivity index (χ2n) is 7.61. The number of ether oxygens (including phenoxy) is 1. The third kappa shape index (κ3) is 4.57. The highest BCUT2D eigenvalue weighted by Gasteiger charge is 2.20. The van der Waals surface area contributed by atoms with Crippen LogP contribution in [0.5, 0.6) is 5.75 Å². The maximum Gasteiger partial charge on any atom is 0.417 e. The molecule has 0 bridgehead atoms. The maximum absolute atomic E-state index is 12.3. The van der Waals surface area contributed by atoms with Gasteiger partial charge in [0.15, 0.2) is 0 Å². The second-order valence-corrected chi connectivity index (χ2v) is 7.61. The van der Waals surface area contributed by atoms with Crippen LogP contribution >= 0.6 is 0 Å². The Labute approximate surface area is 171 Å². The lowest BCUT2D eigenvalue weighted by molar-refractivity contribution is 0.215. The van der Waals surface area contributed by atoms with Crippen LogP contribution in [0.1, 0.15) is 36.5 Å². The first-order valence-corrected chi connectivity index (χ1v) is 9.94. The van der Waals surface area contributed by atoms with Gasteiger partial charge in [0.1, 0.15) is 5.75 Å². The van der Waals surface area contributed by atoms with Crippen molar-refractivity contribution in [3.63, 3.8) is 0 Å². The molecule has 0 radical (unpaired) electrons. The van der Waals surface area contributed by atoms with Gasteiger partial charge in [-0.25, -0.2) is 4.79 Å². The highest BCUT2D eigenvalue weighted by atomic mass is 16.6. The number of fused-ring (bicyclic) bond motifs is 1. The maximum atomic E-state index is 12.3. The Hall–Kier alpha value is -3.34. The van der Waals surface area contributed by atoms with Crippen LogP contribution in [0.4, 0.5) is 16.2 Å². The van der Waals surface area contributed by atoms with E-state index in [-0.39, 0.29) is 0 Å². The Morgan fingerprint density at radius 2 is 2.00 bits per heavy atom. The van der Waals surface area contributed by atoms with Gasteiger partial charge in [0.2, 0.25) is 0 Å². The number of amides is 1. The van der Waals surface area contributed by atoms with Crippen LogP contribution < -0.4 is 15.0 Å². The highest BCUT2D eigenvalue weighted by molar-refractivity contribution is 5.86. The molecule has 1 N–H and O–H groups in total. The van der Waals surface area contributed by atoms with E-state index in [4.69, 9.17) is 4.74 Å². The zero-order chi connectivity index (χ0) is 20.2. The fourth-order valence-corrected chi connectivity index (χ4v) is 3.59. The molecule has 4 rings (SSSR count). The highest BCUT2D eigenvalue weighted by Crippen LogP contribution is 2.32. The van der Waals surface area contributed by atoms with E-state index in [0.717, 1.165) is 25.2 Å². The van der Waals surface area contributed by atoms with E-state index in [1.807, 2.05) is 54.7 Å². The number of carbonyl (C=O) groups excluding carboxylic acids is 1. The molecule has 1 aliphatic rings. The quantitative estimate of drug-likeness (QED) is 0.639. The molecule has 148 valence electrons. The molecule has 0 atom stereocenters. The molecule has 5 nitrogen and oxygen atoms in total. The summed E-state index contributed by atoms with van der Waals surface area (Å²) in [7, 11) is 0. The van der Waals surface area contributed by atoms with E-state index in [0.29, 0.717) is 11.7 Å². The van der Waals surface area contributed by atoms with Crippen molar-refractivity contribution >= 4 is 17.5 Å². The van der Waals surface area contributed by atoms with Crippen molar-refractivity contribution in [1.82, 2.24) is 4.98 Å². The minimum absolute atomic E-state index is 0.458. The van der Waals surface area contributed by atoms with E-state index >= 15 is 0 Å². The first-order valence-electron chi connectivity index (χ1n) is 9.94. The minimum atomic E-state index is -0.479. The summed E-state index contributed by atoms with van der Waals surface area (Å²) in [6, 6.07) is 17.7. The van der Waals surface area contributed by atoms with Crippen LogP contribution in [-0.4, -0.2) is 17.6 Å². The molecule has 0 saturated heterocycles. The predicted molar refractivity (Wildman–Crippen MR) is 116 cm³/mol. The number of anilines is 2. The van der Waals surface area contributed by atoms with Gasteiger partial charge in [-0.3, -0.25) is 10.3 Å². The Bertz CT molecular complexity index is 985. The fourth-order valence-electron chi connectivity index (χ4n) is 3.59. The van der Waals surface area contributed by atoms with E-state index < -0.39 is 6.09 Å². The van der Waals surface area contributed by atoms with Crippen LogP contribution in [0.3, 0.4) is 0 Å². The SMILES string of the molecule is CC(C)c1ccc(NC(=O)Oc2ccc3c(c2)CCN3Cc2cccnc2)cc1. The third-order valence-corrected chi connectivity index (χ3v) is 5.17. The molecule has 29 heavy (non-hydrogen) atoms. The van der Waals surface area contributed by atoms with Crippen LogP contribution in [0.25, 0.3) is 0 Å². The van der Waals surface area contributed by atoms with Crippen molar-refractivity contribution in [2.24, 2.45) is 0 Å². The standard InChI is InChI=1S/C24H25N3O2/c1-17(2)19-5-7-21(8-6-19)26-24(28)29-22-9-10-23-20(14-22)11-13-27(23)16-18-4-3-12-25-15-18/h3-10,12,14-15,17H,11,13,16H2,1-2H3,(H,26,28). The zero-order valence-corrected chi connectivity index (χ0v) is 16.8. The number of aromatic nitrogens is 1. The molecule has 2 aromatic carbocycles. The molecule has 0 unspecified atom stereocenters. The number of pyridine rings is 1. The van der Waals surface area contributed by atoms with Crippen molar-refractivity contribution in [3.05, 3.63) is 83.7 Å². The summed E-state index contributed by atoms with van der Waals surface area (Å²) < 4.78 is 5.50. The molecule has 0 aliphatic carbocycles. The summed E-state index contributed by atoms with van der Waals surface area (Å²) in [6.45, 7) is 6.06. The number of hydrogen-bond acceptors (Lipinski definition) is 4. The minimum Gasteiger partial charge on any atom is -0.410 e. The smallest absolute Gasteiger partial charge is 0.410 e. The topological polar surface area (TPSA) is 54.5 Å². The first-order chi connectivity index (χ1) is 14.1. The summed E-state index contributed by atoms with van der Waals surface area (Å²) >= 11 is 0. The molecule has 1 aromatic heterocycles. The number of nitrogens with zero attached hydrogens (tertiary/aromatic N) is 2. The average molecular weight is 387 g/mol. The van der Waals surface area contributed by atoms with E-state index in [2.05, 4.69) is 35.1 Å². The Kier molecular flexibility index (Phi) is 5.47. The van der Waals surface area contributed by atoms with Gasteiger partial charge in [-0.2, -0.15) is 0 Å². The summed E-state index contributed by atoms with van der Waals surface area (Å²) in [4.78, 5) is 18.8. The lowest BCUT2D eigenvalue weighted by atomic mass is 10.0. The number of benzene rings is 2. The average Bonchev–Trinajstić information content (AvgIpc) is 3.11. The Morgan fingerprint density at radius 1 is 1.17 bits per heavy atom. The second kappa shape index (κ2) is 8.35. The van der Waals surface area contributed by atoms with Gasteiger partial charge in [-0.15, -0.1) is 0 Å². The van der Waals surface area contributed by atoms with E-state index in [1.165, 1.54) is 22.4 Å². The lowest BCUT2D eigenvalue weighted by Crippen LogP contribution is -2.19. The molecule has 3 aromatic rings. The molecular weight excluding hydrogens is 362 g/mol. The summed E-state index contributed by atoms with van der Waals surface area (Å²) in [5.74, 6) is 1.02. The summed E-state index contributed by atoms with van der Waals surface area (Å²) in [6.07, 6.45) is 4.14. The summed E-state index contributed by atoms with van der Waals surface area (Å²) in [5.41, 5.74) is 5.52. The molecular formula is C24H25N3O2. The molecule has 0 spiro atoms. The first kappa shape index (κ1) is 19.0. The van der Waals surface area contributed by atoms with Gasteiger partial charge in [-0.05, 0) is 65.4 Å². The van der Waals surface area contributed by atoms with Gasteiger partial charge in [-0.1, -0.05) is 32.0 Å². The molecule has 2 heterocycles. The monoisotopic (exact) mass is 387 g/mol. The Balaban J connectivity index is 1.38. The predicted octanol–water partition coefficient (Wildman–Crippen LogP) is 5.38. The van der Waals surface area contributed by atoms with E-state index in [9.17, 15) is 4.79 Å². The number of rotatable bonds is 5. The summed E-state index contributed by atoms with van der Waals surface area (Å²) in [5, 5.41) is 2.79. The van der Waals surface area contributed by atoms with Crippen LogP contribution in [-0.2, 0) is 13.0 Å².